The summed E-state index contributed by atoms with van der Waals surface area (Å²) in [7, 11) is -1.16. The molecule has 0 radical (unpaired) electrons. The van der Waals surface area contributed by atoms with Crippen molar-refractivity contribution in [2.45, 2.75) is 34.6 Å². The van der Waals surface area contributed by atoms with Crippen LogP contribution >= 0.6 is 7.26 Å². The van der Waals surface area contributed by atoms with E-state index in [0.717, 1.165) is 35.3 Å². The molecule has 0 aliphatic heterocycles. The molecule has 0 fully saturated rings. The second-order valence-corrected chi connectivity index (χ2v) is 10.3. The highest BCUT2D eigenvalue weighted by molar-refractivity contribution is 7.76. The molecule has 0 aromatic heterocycles. The van der Waals surface area contributed by atoms with Crippen LogP contribution in [0.4, 0.5) is 10.1 Å². The minimum Gasteiger partial charge on any atom is -0.322 e. The summed E-state index contributed by atoms with van der Waals surface area (Å²) in [6, 6.07) is 2.93. The van der Waals surface area contributed by atoms with Crippen LogP contribution in [0.25, 0.3) is 0 Å². The molecule has 1 aromatic carbocycles. The average molecular weight is 298 g/mol. The van der Waals surface area contributed by atoms with Crippen LogP contribution < -0.4 is 5.32 Å². The lowest BCUT2D eigenvalue weighted by molar-refractivity contribution is -0.113. The van der Waals surface area contributed by atoms with Gasteiger partial charge in [-0.05, 0) is 57.9 Å². The van der Waals surface area contributed by atoms with E-state index in [1.807, 2.05) is 13.8 Å². The molecule has 2 nitrogen and oxygen atoms in total. The van der Waals surface area contributed by atoms with Gasteiger partial charge in [0.2, 0.25) is 0 Å². The molecule has 4 heteroatoms. The zero-order valence-electron chi connectivity index (χ0n) is 13.2. The highest BCUT2D eigenvalue weighted by Crippen LogP contribution is 2.57. The number of carbonyl (C=O) groups is 1. The summed E-state index contributed by atoms with van der Waals surface area (Å²) in [4.78, 5) is 12.3. The summed E-state index contributed by atoms with van der Waals surface area (Å²) in [6.45, 7) is 10.2. The topological polar surface area (TPSA) is 29.1 Å². The van der Waals surface area contributed by atoms with Crippen molar-refractivity contribution in [1.29, 1.82) is 0 Å². The Labute approximate surface area is 122 Å². The minimum atomic E-state index is -1.16. The maximum absolute atomic E-state index is 13.3. The fraction of sp³-hybridized carbons (Fsp3) is 0.562. The number of hydrogen-bond acceptors (Lipinski definition) is 1. The second kappa shape index (κ2) is 7.17. The zero-order valence-corrected chi connectivity index (χ0v) is 14.1. The lowest BCUT2D eigenvalue weighted by Crippen LogP contribution is -2.22. The van der Waals surface area contributed by atoms with Crippen LogP contribution in [-0.2, 0) is 4.79 Å². The van der Waals surface area contributed by atoms with Crippen LogP contribution in [0.3, 0.4) is 0 Å². The predicted molar refractivity (Wildman–Crippen MR) is 87.9 cm³/mol. The number of amides is 1. The lowest BCUT2D eigenvalue weighted by atomic mass is 10.1. The number of aryl methyl sites for hydroxylation is 2. The van der Waals surface area contributed by atoms with Crippen LogP contribution in [0, 0.1) is 19.7 Å². The SMILES string of the molecule is CC[P+](CC)(CC)CC(=O)Nc1c(C)cc(F)cc1C. The minimum absolute atomic E-state index is 0.0710. The Hall–Kier alpha value is -0.950. The molecule has 0 atom stereocenters. The first kappa shape index (κ1) is 17.1. The standard InChI is InChI=1S/C16H25FNOP/c1-6-20(7-2,8-3)11-15(19)18-16-12(4)9-14(17)10-13(16)5/h9-10H,6-8,11H2,1-5H3/p+1. The van der Waals surface area contributed by atoms with Gasteiger partial charge in [0.1, 0.15) is 12.0 Å². The van der Waals surface area contributed by atoms with Gasteiger partial charge in [0.05, 0.1) is 18.5 Å². The number of benzene rings is 1. The summed E-state index contributed by atoms with van der Waals surface area (Å²) in [5.74, 6) is -0.183. The fourth-order valence-electron chi connectivity index (χ4n) is 2.60. The van der Waals surface area contributed by atoms with Crippen molar-refractivity contribution in [3.63, 3.8) is 0 Å². The van der Waals surface area contributed by atoms with E-state index in [0.29, 0.717) is 6.16 Å². The van der Waals surface area contributed by atoms with Crippen LogP contribution in [0.1, 0.15) is 31.9 Å². The van der Waals surface area contributed by atoms with Gasteiger partial charge in [0, 0.05) is 12.9 Å². The van der Waals surface area contributed by atoms with Gasteiger partial charge < -0.3 is 5.32 Å². The van der Waals surface area contributed by atoms with E-state index in [9.17, 15) is 9.18 Å². The molecule has 1 aromatic rings. The molecular weight excluding hydrogens is 272 g/mol. The Morgan fingerprint density at radius 3 is 1.95 bits per heavy atom. The van der Waals surface area contributed by atoms with Gasteiger partial charge in [-0.3, -0.25) is 4.79 Å². The Balaban J connectivity index is 2.87. The second-order valence-electron chi connectivity index (χ2n) is 5.41. The molecule has 20 heavy (non-hydrogen) atoms. The van der Waals surface area contributed by atoms with Crippen LogP contribution in [0.5, 0.6) is 0 Å². The Morgan fingerprint density at radius 2 is 1.55 bits per heavy atom. The van der Waals surface area contributed by atoms with Crippen LogP contribution in [0.15, 0.2) is 12.1 Å². The first-order valence-electron chi connectivity index (χ1n) is 7.29. The van der Waals surface area contributed by atoms with Crippen molar-refractivity contribution >= 4 is 18.9 Å². The smallest absolute Gasteiger partial charge is 0.261 e. The molecule has 0 spiro atoms. The van der Waals surface area contributed by atoms with Gasteiger partial charge in [-0.2, -0.15) is 0 Å². The number of nitrogens with one attached hydrogen (secondary N) is 1. The zero-order chi connectivity index (χ0) is 15.3. The first-order chi connectivity index (χ1) is 9.37. The fourth-order valence-corrected chi connectivity index (χ4v) is 5.30. The number of rotatable bonds is 6. The van der Waals surface area contributed by atoms with E-state index in [1.165, 1.54) is 12.1 Å². The van der Waals surface area contributed by atoms with E-state index >= 15 is 0 Å². The summed E-state index contributed by atoms with van der Waals surface area (Å²) in [6.07, 6.45) is 3.95. The molecule has 1 amide bonds. The third-order valence-electron chi connectivity index (χ3n) is 4.25. The van der Waals surface area contributed by atoms with Gasteiger partial charge in [-0.25, -0.2) is 4.39 Å². The molecule has 0 unspecified atom stereocenters. The van der Waals surface area contributed by atoms with Gasteiger partial charge in [0.25, 0.3) is 5.91 Å². The maximum Gasteiger partial charge on any atom is 0.261 e. The van der Waals surface area contributed by atoms with Crippen molar-refractivity contribution in [2.75, 3.05) is 30.0 Å². The van der Waals surface area contributed by atoms with E-state index in [4.69, 9.17) is 0 Å². The quantitative estimate of drug-likeness (QED) is 0.772. The molecule has 0 aliphatic rings. The summed E-state index contributed by atoms with van der Waals surface area (Å²) in [5.41, 5.74) is 2.33. The van der Waals surface area contributed by atoms with Crippen LogP contribution in [0.2, 0.25) is 0 Å². The largest absolute Gasteiger partial charge is 0.322 e. The molecule has 0 bridgehead atoms. The molecule has 112 valence electrons. The molecule has 0 aliphatic carbocycles. The summed E-state index contributed by atoms with van der Waals surface area (Å²) >= 11 is 0. The van der Waals surface area contributed by atoms with Gasteiger partial charge >= 0.3 is 0 Å². The highest BCUT2D eigenvalue weighted by Gasteiger charge is 2.34. The number of carbonyl (C=O) groups excluding carboxylic acids is 1. The number of hydrogen-bond donors (Lipinski definition) is 1. The number of anilines is 1. The molecule has 0 saturated heterocycles. The van der Waals surface area contributed by atoms with Crippen molar-refractivity contribution in [1.82, 2.24) is 0 Å². The van der Waals surface area contributed by atoms with Crippen molar-refractivity contribution in [2.24, 2.45) is 0 Å². The Morgan fingerprint density at radius 1 is 1.10 bits per heavy atom. The summed E-state index contributed by atoms with van der Waals surface area (Å²) in [5, 5.41) is 2.99. The third kappa shape index (κ3) is 4.02. The summed E-state index contributed by atoms with van der Waals surface area (Å²) < 4.78 is 13.3. The molecule has 0 heterocycles. The van der Waals surface area contributed by atoms with E-state index in [-0.39, 0.29) is 11.7 Å². The van der Waals surface area contributed by atoms with Crippen molar-refractivity contribution in [3.8, 4) is 0 Å². The predicted octanol–water partition coefficient (Wildman–Crippen LogP) is 4.46. The normalized spacial score (nSPS) is 11.5. The Bertz CT molecular complexity index is 452. The molecule has 1 rings (SSSR count). The maximum atomic E-state index is 13.3. The monoisotopic (exact) mass is 298 g/mol. The van der Waals surface area contributed by atoms with Crippen LogP contribution in [-0.4, -0.2) is 30.6 Å². The molecular formula is C16H26FNOP+. The average Bonchev–Trinajstić information content (AvgIpc) is 2.40. The van der Waals surface area contributed by atoms with Crippen molar-refractivity contribution in [3.05, 3.63) is 29.1 Å². The lowest BCUT2D eigenvalue weighted by Gasteiger charge is -2.23. The molecule has 0 saturated carbocycles. The van der Waals surface area contributed by atoms with Crippen molar-refractivity contribution < 1.29 is 9.18 Å². The van der Waals surface area contributed by atoms with Gasteiger partial charge in [0.15, 0.2) is 0 Å². The Kier molecular flexibility index (Phi) is 6.13. The van der Waals surface area contributed by atoms with Gasteiger partial charge in [-0.15, -0.1) is 0 Å². The van der Waals surface area contributed by atoms with E-state index in [1.54, 1.807) is 0 Å². The number of halogens is 1. The first-order valence-corrected chi connectivity index (χ1v) is 9.82. The highest BCUT2D eigenvalue weighted by atomic mass is 31.2. The molecule has 1 N–H and O–H groups in total. The van der Waals surface area contributed by atoms with E-state index in [2.05, 4.69) is 26.1 Å². The van der Waals surface area contributed by atoms with E-state index < -0.39 is 7.26 Å². The third-order valence-corrected chi connectivity index (χ3v) is 9.24. The van der Waals surface area contributed by atoms with Gasteiger partial charge in [-0.1, -0.05) is 0 Å².